The lowest BCUT2D eigenvalue weighted by Crippen LogP contribution is -2.38. The van der Waals surface area contributed by atoms with Crippen LogP contribution in [0, 0.1) is 0 Å². The Morgan fingerprint density at radius 3 is 2.78 bits per heavy atom. The predicted octanol–water partition coefficient (Wildman–Crippen LogP) is 0.225. The molecule has 0 bridgehead atoms. The number of amides is 1. The number of hydrogen-bond donors (Lipinski definition) is 4. The van der Waals surface area contributed by atoms with Crippen LogP contribution in [0.2, 0.25) is 0 Å². The summed E-state index contributed by atoms with van der Waals surface area (Å²) in [6, 6.07) is 3.65. The quantitative estimate of drug-likeness (QED) is 0.545. The number of hydrogen-bond acceptors (Lipinski definition) is 5. The minimum atomic E-state index is -0.557. The van der Waals surface area contributed by atoms with E-state index in [9.17, 15) is 15.0 Å². The van der Waals surface area contributed by atoms with Crippen LogP contribution >= 0.6 is 0 Å². The van der Waals surface area contributed by atoms with Crippen LogP contribution in [0.5, 0.6) is 11.5 Å². The molecule has 1 unspecified atom stereocenters. The first-order valence-electron chi connectivity index (χ1n) is 5.51. The van der Waals surface area contributed by atoms with Crippen molar-refractivity contribution in [1.29, 1.82) is 0 Å². The van der Waals surface area contributed by atoms with Crippen molar-refractivity contribution < 1.29 is 24.9 Å². The van der Waals surface area contributed by atoms with Gasteiger partial charge in [-0.05, 0) is 18.6 Å². The number of carbonyl (C=O) groups is 1. The highest BCUT2D eigenvalue weighted by Gasteiger charge is 2.17. The van der Waals surface area contributed by atoms with E-state index in [0.717, 1.165) is 0 Å². The first-order chi connectivity index (χ1) is 8.60. The lowest BCUT2D eigenvalue weighted by Gasteiger charge is -2.16. The maximum atomic E-state index is 11.8. The van der Waals surface area contributed by atoms with Crippen LogP contribution in [0.15, 0.2) is 18.2 Å². The van der Waals surface area contributed by atoms with E-state index in [4.69, 9.17) is 9.84 Å². The van der Waals surface area contributed by atoms with Gasteiger partial charge >= 0.3 is 0 Å². The van der Waals surface area contributed by atoms with Crippen LogP contribution in [0.4, 0.5) is 0 Å². The van der Waals surface area contributed by atoms with Crippen LogP contribution < -0.4 is 5.32 Å². The number of methoxy groups -OCH3 is 1. The minimum Gasteiger partial charge on any atom is -0.504 e. The third-order valence-electron chi connectivity index (χ3n) is 2.49. The van der Waals surface area contributed by atoms with Gasteiger partial charge < -0.3 is 25.4 Å². The van der Waals surface area contributed by atoms with Gasteiger partial charge in [-0.25, -0.2) is 0 Å². The monoisotopic (exact) mass is 255 g/mol. The summed E-state index contributed by atoms with van der Waals surface area (Å²) in [5, 5.41) is 30.4. The number of ether oxygens (including phenoxy) is 1. The Morgan fingerprint density at radius 1 is 1.44 bits per heavy atom. The van der Waals surface area contributed by atoms with Gasteiger partial charge in [-0.2, -0.15) is 0 Å². The van der Waals surface area contributed by atoms with Gasteiger partial charge in [0.2, 0.25) is 0 Å². The van der Waals surface area contributed by atoms with Crippen molar-refractivity contribution in [3.8, 4) is 11.5 Å². The molecule has 0 aliphatic heterocycles. The van der Waals surface area contributed by atoms with Gasteiger partial charge in [0, 0.05) is 13.7 Å². The van der Waals surface area contributed by atoms with Gasteiger partial charge in [-0.3, -0.25) is 4.79 Å². The summed E-state index contributed by atoms with van der Waals surface area (Å²) in [6.07, 6.45) is 0.457. The molecular formula is C12H17NO5. The van der Waals surface area contributed by atoms with E-state index in [2.05, 4.69) is 5.32 Å². The van der Waals surface area contributed by atoms with Crippen molar-refractivity contribution in [2.45, 2.75) is 12.5 Å². The molecule has 0 spiro atoms. The second-order valence-corrected chi connectivity index (χ2v) is 3.81. The second-order valence-electron chi connectivity index (χ2n) is 3.81. The minimum absolute atomic E-state index is 0.0362. The van der Waals surface area contributed by atoms with Gasteiger partial charge in [0.15, 0.2) is 11.5 Å². The summed E-state index contributed by atoms with van der Waals surface area (Å²) in [4.78, 5) is 11.8. The smallest absolute Gasteiger partial charge is 0.255 e. The van der Waals surface area contributed by atoms with Crippen LogP contribution in [-0.4, -0.2) is 47.6 Å². The molecule has 100 valence electrons. The van der Waals surface area contributed by atoms with E-state index >= 15 is 0 Å². The molecular weight excluding hydrogens is 238 g/mol. The van der Waals surface area contributed by atoms with Gasteiger partial charge in [0.1, 0.15) is 0 Å². The Balaban J connectivity index is 2.72. The lowest BCUT2D eigenvalue weighted by molar-refractivity contribution is 0.0891. The summed E-state index contributed by atoms with van der Waals surface area (Å²) in [7, 11) is 1.53. The fourth-order valence-electron chi connectivity index (χ4n) is 1.45. The van der Waals surface area contributed by atoms with E-state index in [1.807, 2.05) is 0 Å². The molecule has 4 N–H and O–H groups in total. The SMILES string of the molecule is COCCC(CO)NC(=O)c1cccc(O)c1O. The second kappa shape index (κ2) is 6.83. The number of benzene rings is 1. The number of carbonyl (C=O) groups excluding carboxylic acids is 1. The number of rotatable bonds is 6. The van der Waals surface area contributed by atoms with E-state index < -0.39 is 17.7 Å². The third kappa shape index (κ3) is 3.61. The van der Waals surface area contributed by atoms with Crippen LogP contribution in [0.1, 0.15) is 16.8 Å². The molecule has 1 aromatic rings. The highest BCUT2D eigenvalue weighted by molar-refractivity contribution is 5.97. The van der Waals surface area contributed by atoms with Gasteiger partial charge in [0.25, 0.3) is 5.91 Å². The first kappa shape index (κ1) is 14.3. The van der Waals surface area contributed by atoms with Crippen molar-refractivity contribution in [3.05, 3.63) is 23.8 Å². The topological polar surface area (TPSA) is 99.0 Å². The van der Waals surface area contributed by atoms with Crippen LogP contribution in [-0.2, 0) is 4.74 Å². The molecule has 0 aliphatic rings. The molecule has 0 aliphatic carbocycles. The molecule has 0 radical (unpaired) electrons. The number of aliphatic hydroxyl groups excluding tert-OH is 1. The Kier molecular flexibility index (Phi) is 5.41. The number of phenolic OH excluding ortho intramolecular Hbond substituents is 2. The number of para-hydroxylation sites is 1. The number of aromatic hydroxyl groups is 2. The van der Waals surface area contributed by atoms with E-state index in [-0.39, 0.29) is 17.9 Å². The Hall–Kier alpha value is -1.79. The summed E-state index contributed by atoms with van der Waals surface area (Å²) in [5.74, 6) is -1.39. The summed E-state index contributed by atoms with van der Waals surface area (Å²) < 4.78 is 4.85. The first-order valence-corrected chi connectivity index (χ1v) is 5.51. The van der Waals surface area contributed by atoms with E-state index in [1.54, 1.807) is 0 Å². The lowest BCUT2D eigenvalue weighted by atomic mass is 10.1. The zero-order valence-electron chi connectivity index (χ0n) is 10.1. The largest absolute Gasteiger partial charge is 0.504 e. The summed E-state index contributed by atoms with van der Waals surface area (Å²) in [5.41, 5.74) is -0.0362. The molecule has 0 fully saturated rings. The average molecular weight is 255 g/mol. The van der Waals surface area contributed by atoms with E-state index in [0.29, 0.717) is 13.0 Å². The zero-order valence-corrected chi connectivity index (χ0v) is 10.1. The molecule has 1 rings (SSSR count). The number of phenols is 2. The van der Waals surface area contributed by atoms with Crippen molar-refractivity contribution in [2.24, 2.45) is 0 Å². The molecule has 1 atom stereocenters. The highest BCUT2D eigenvalue weighted by atomic mass is 16.5. The average Bonchev–Trinajstić information content (AvgIpc) is 2.37. The van der Waals surface area contributed by atoms with Crippen molar-refractivity contribution in [1.82, 2.24) is 5.32 Å². The molecule has 0 aromatic heterocycles. The van der Waals surface area contributed by atoms with Crippen LogP contribution in [0.3, 0.4) is 0 Å². The van der Waals surface area contributed by atoms with Crippen molar-refractivity contribution in [3.63, 3.8) is 0 Å². The molecule has 0 heterocycles. The Bertz CT molecular complexity index is 407. The molecule has 0 saturated heterocycles. The Morgan fingerprint density at radius 2 is 2.17 bits per heavy atom. The van der Waals surface area contributed by atoms with Crippen molar-refractivity contribution in [2.75, 3.05) is 20.3 Å². The molecule has 18 heavy (non-hydrogen) atoms. The standard InChI is InChI=1S/C12H17NO5/c1-18-6-5-8(7-14)13-12(17)9-3-2-4-10(15)11(9)16/h2-4,8,14-16H,5-7H2,1H3,(H,13,17). The number of nitrogens with one attached hydrogen (secondary N) is 1. The maximum Gasteiger partial charge on any atom is 0.255 e. The highest BCUT2D eigenvalue weighted by Crippen LogP contribution is 2.27. The molecule has 6 nitrogen and oxygen atoms in total. The maximum absolute atomic E-state index is 11.8. The molecule has 1 aromatic carbocycles. The fraction of sp³-hybridized carbons (Fsp3) is 0.417. The van der Waals surface area contributed by atoms with E-state index in [1.165, 1.54) is 25.3 Å². The third-order valence-corrected chi connectivity index (χ3v) is 2.49. The van der Waals surface area contributed by atoms with Gasteiger partial charge in [0.05, 0.1) is 18.2 Å². The molecule has 6 heteroatoms. The summed E-state index contributed by atoms with van der Waals surface area (Å²) >= 11 is 0. The Labute approximate surface area is 105 Å². The van der Waals surface area contributed by atoms with Gasteiger partial charge in [-0.1, -0.05) is 6.07 Å². The van der Waals surface area contributed by atoms with Crippen LogP contribution in [0.25, 0.3) is 0 Å². The van der Waals surface area contributed by atoms with Gasteiger partial charge in [-0.15, -0.1) is 0 Å². The fourth-order valence-corrected chi connectivity index (χ4v) is 1.45. The summed E-state index contributed by atoms with van der Waals surface area (Å²) in [6.45, 7) is 0.173. The normalized spacial score (nSPS) is 12.1. The number of aliphatic hydroxyl groups is 1. The van der Waals surface area contributed by atoms with Crippen molar-refractivity contribution >= 4 is 5.91 Å². The zero-order chi connectivity index (χ0) is 13.5. The predicted molar refractivity (Wildman–Crippen MR) is 64.6 cm³/mol. The molecule has 1 amide bonds. The molecule has 0 saturated carbocycles.